The third-order valence-corrected chi connectivity index (χ3v) is 6.11. The van der Waals surface area contributed by atoms with E-state index < -0.39 is 5.95 Å². The van der Waals surface area contributed by atoms with E-state index in [1.807, 2.05) is 6.07 Å². The van der Waals surface area contributed by atoms with Crippen LogP contribution in [0.3, 0.4) is 0 Å². The largest absolute Gasteiger partial charge is 0.462 e. The normalized spacial score (nSPS) is 19.5. The summed E-state index contributed by atoms with van der Waals surface area (Å²) in [5.74, 6) is -0.719. The fourth-order valence-corrected chi connectivity index (χ4v) is 4.08. The van der Waals surface area contributed by atoms with Crippen LogP contribution in [-0.2, 0) is 16.0 Å². The van der Waals surface area contributed by atoms with Gasteiger partial charge < -0.3 is 19.7 Å². The Balaban J connectivity index is 1.29. The van der Waals surface area contributed by atoms with E-state index >= 15 is 0 Å². The first kappa shape index (κ1) is 23.5. The Labute approximate surface area is 194 Å². The van der Waals surface area contributed by atoms with Gasteiger partial charge in [-0.3, -0.25) is 9.69 Å². The number of rotatable bonds is 9. The minimum absolute atomic E-state index is 0.0371. The molecule has 2 fully saturated rings. The molecule has 3 heterocycles. The molecule has 2 saturated heterocycles. The molecule has 8 nitrogen and oxygen atoms in total. The molecule has 2 aromatic rings. The molecule has 2 aliphatic rings. The summed E-state index contributed by atoms with van der Waals surface area (Å²) < 4.78 is 25.8. The standard InChI is InChI=1S/C24H32FN5O3/c1-29-7-9-30(10-8-29)11-13-33-24-27-17-21(23(25)28-24)19-5-2-4-18(14-19)15-22(31)26-16-20-6-3-12-32-20/h2,4-5,14,17,20H,3,6-13,15-16H2,1H3,(H,26,31). The van der Waals surface area contributed by atoms with Gasteiger partial charge in [0.25, 0.3) is 0 Å². The zero-order valence-corrected chi connectivity index (χ0v) is 19.1. The van der Waals surface area contributed by atoms with E-state index in [2.05, 4.69) is 32.1 Å². The van der Waals surface area contributed by atoms with Crippen molar-refractivity contribution in [2.45, 2.75) is 25.4 Å². The smallest absolute Gasteiger partial charge is 0.319 e. The fraction of sp³-hybridized carbons (Fsp3) is 0.542. The van der Waals surface area contributed by atoms with E-state index in [1.54, 1.807) is 18.2 Å². The van der Waals surface area contributed by atoms with Gasteiger partial charge in [0.15, 0.2) is 0 Å². The topological polar surface area (TPSA) is 79.8 Å². The summed E-state index contributed by atoms with van der Waals surface area (Å²) in [6.07, 6.45) is 3.77. The summed E-state index contributed by atoms with van der Waals surface area (Å²) in [4.78, 5) is 24.9. The van der Waals surface area contributed by atoms with Crippen LogP contribution >= 0.6 is 0 Å². The number of nitrogens with one attached hydrogen (secondary N) is 1. The Morgan fingerprint density at radius 1 is 1.30 bits per heavy atom. The molecule has 0 saturated carbocycles. The van der Waals surface area contributed by atoms with Crippen LogP contribution in [0.2, 0.25) is 0 Å². The number of hydrogen-bond donors (Lipinski definition) is 1. The highest BCUT2D eigenvalue weighted by molar-refractivity contribution is 5.79. The molecule has 4 rings (SSSR count). The number of ether oxygens (including phenoxy) is 2. The van der Waals surface area contributed by atoms with Crippen molar-refractivity contribution < 1.29 is 18.7 Å². The highest BCUT2D eigenvalue weighted by Crippen LogP contribution is 2.23. The second kappa shape index (κ2) is 11.5. The monoisotopic (exact) mass is 457 g/mol. The molecule has 0 aliphatic carbocycles. The summed E-state index contributed by atoms with van der Waals surface area (Å²) in [6.45, 7) is 6.53. The van der Waals surface area contributed by atoms with E-state index in [4.69, 9.17) is 9.47 Å². The van der Waals surface area contributed by atoms with Crippen LogP contribution < -0.4 is 10.1 Å². The van der Waals surface area contributed by atoms with Crippen LogP contribution in [0.4, 0.5) is 4.39 Å². The summed E-state index contributed by atoms with van der Waals surface area (Å²) in [5, 5.41) is 2.91. The van der Waals surface area contributed by atoms with Crippen LogP contribution in [0.1, 0.15) is 18.4 Å². The number of halogens is 1. The van der Waals surface area contributed by atoms with Crippen molar-refractivity contribution >= 4 is 5.91 Å². The third kappa shape index (κ3) is 6.93. The van der Waals surface area contributed by atoms with Gasteiger partial charge in [0.2, 0.25) is 11.9 Å². The van der Waals surface area contributed by atoms with Crippen LogP contribution in [0.15, 0.2) is 30.5 Å². The lowest BCUT2D eigenvalue weighted by Crippen LogP contribution is -2.45. The molecule has 1 aromatic carbocycles. The van der Waals surface area contributed by atoms with Gasteiger partial charge in [0, 0.05) is 52.1 Å². The Morgan fingerprint density at radius 2 is 2.15 bits per heavy atom. The Morgan fingerprint density at radius 3 is 2.91 bits per heavy atom. The van der Waals surface area contributed by atoms with Gasteiger partial charge in [0.05, 0.1) is 18.1 Å². The van der Waals surface area contributed by atoms with E-state index in [0.717, 1.165) is 57.7 Å². The molecule has 9 heteroatoms. The number of hydrogen-bond acceptors (Lipinski definition) is 7. The molecule has 1 unspecified atom stereocenters. The van der Waals surface area contributed by atoms with Gasteiger partial charge in [-0.1, -0.05) is 24.3 Å². The number of benzene rings is 1. The summed E-state index contributed by atoms with van der Waals surface area (Å²) in [6, 6.07) is 7.27. The van der Waals surface area contributed by atoms with Gasteiger partial charge in [-0.05, 0) is 31.0 Å². The lowest BCUT2D eigenvalue weighted by Gasteiger charge is -2.31. The van der Waals surface area contributed by atoms with Crippen molar-refractivity contribution in [2.75, 3.05) is 59.5 Å². The Kier molecular flexibility index (Phi) is 8.20. The molecule has 1 atom stereocenters. The highest BCUT2D eigenvalue weighted by atomic mass is 19.1. The first-order valence-electron chi connectivity index (χ1n) is 11.6. The van der Waals surface area contributed by atoms with Gasteiger partial charge in [0.1, 0.15) is 6.61 Å². The van der Waals surface area contributed by atoms with Crippen LogP contribution in [0.5, 0.6) is 6.01 Å². The summed E-state index contributed by atoms with van der Waals surface area (Å²) >= 11 is 0. The Hall–Kier alpha value is -2.62. The average Bonchev–Trinajstić information content (AvgIpc) is 3.33. The Bertz CT molecular complexity index is 930. The van der Waals surface area contributed by atoms with Crippen LogP contribution in [0.25, 0.3) is 11.1 Å². The number of nitrogens with zero attached hydrogens (tertiary/aromatic N) is 4. The van der Waals surface area contributed by atoms with E-state index in [9.17, 15) is 9.18 Å². The summed E-state index contributed by atoms with van der Waals surface area (Å²) in [5.41, 5.74) is 1.70. The molecular weight excluding hydrogens is 425 g/mol. The number of piperazine rings is 1. The number of aromatic nitrogens is 2. The second-order valence-electron chi connectivity index (χ2n) is 8.67. The zero-order chi connectivity index (χ0) is 23.0. The maximum absolute atomic E-state index is 14.7. The maximum Gasteiger partial charge on any atom is 0.319 e. The minimum atomic E-state index is -0.639. The summed E-state index contributed by atoms with van der Waals surface area (Å²) in [7, 11) is 2.11. The second-order valence-corrected chi connectivity index (χ2v) is 8.67. The lowest BCUT2D eigenvalue weighted by molar-refractivity contribution is -0.120. The molecule has 1 amide bonds. The van der Waals surface area contributed by atoms with Gasteiger partial charge in [-0.25, -0.2) is 4.98 Å². The zero-order valence-electron chi connectivity index (χ0n) is 19.1. The average molecular weight is 458 g/mol. The van der Waals surface area contributed by atoms with Crippen LogP contribution in [-0.4, -0.2) is 91.3 Å². The molecule has 1 aromatic heterocycles. The van der Waals surface area contributed by atoms with E-state index in [-0.39, 0.29) is 30.0 Å². The number of carbonyl (C=O) groups is 1. The van der Waals surface area contributed by atoms with Crippen LogP contribution in [0, 0.1) is 5.95 Å². The van der Waals surface area contributed by atoms with Gasteiger partial charge >= 0.3 is 6.01 Å². The maximum atomic E-state index is 14.7. The van der Waals surface area contributed by atoms with E-state index in [0.29, 0.717) is 18.7 Å². The van der Waals surface area contributed by atoms with Crippen molar-refractivity contribution in [2.24, 2.45) is 0 Å². The molecule has 33 heavy (non-hydrogen) atoms. The molecule has 0 bridgehead atoms. The van der Waals surface area contributed by atoms with E-state index in [1.165, 1.54) is 6.20 Å². The minimum Gasteiger partial charge on any atom is -0.462 e. The molecule has 178 valence electrons. The SMILES string of the molecule is CN1CCN(CCOc2ncc(-c3cccc(CC(=O)NCC4CCCO4)c3)c(F)n2)CC1. The third-order valence-electron chi connectivity index (χ3n) is 6.11. The molecule has 0 spiro atoms. The number of carbonyl (C=O) groups excluding carboxylic acids is 1. The van der Waals surface area contributed by atoms with Gasteiger partial charge in [-0.2, -0.15) is 9.37 Å². The van der Waals surface area contributed by atoms with Gasteiger partial charge in [-0.15, -0.1) is 0 Å². The number of likely N-dealkylation sites (N-methyl/N-ethyl adjacent to an activating group) is 1. The van der Waals surface area contributed by atoms with Crippen molar-refractivity contribution in [1.29, 1.82) is 0 Å². The lowest BCUT2D eigenvalue weighted by atomic mass is 10.0. The predicted octanol–water partition coefficient (Wildman–Crippen LogP) is 1.75. The molecule has 1 N–H and O–H groups in total. The predicted molar refractivity (Wildman–Crippen MR) is 123 cm³/mol. The van der Waals surface area contributed by atoms with Crippen molar-refractivity contribution in [1.82, 2.24) is 25.1 Å². The van der Waals surface area contributed by atoms with Crippen molar-refractivity contribution in [3.05, 3.63) is 42.0 Å². The first-order chi connectivity index (χ1) is 16.1. The molecular formula is C24H32FN5O3. The fourth-order valence-electron chi connectivity index (χ4n) is 4.08. The quantitative estimate of drug-likeness (QED) is 0.575. The first-order valence-corrected chi connectivity index (χ1v) is 11.6. The van der Waals surface area contributed by atoms with Crippen molar-refractivity contribution in [3.8, 4) is 17.1 Å². The van der Waals surface area contributed by atoms with Crippen molar-refractivity contribution in [3.63, 3.8) is 0 Å². The highest BCUT2D eigenvalue weighted by Gasteiger charge is 2.17. The molecule has 2 aliphatic heterocycles. The number of amides is 1. The molecule has 0 radical (unpaired) electrons.